The van der Waals surface area contributed by atoms with Crippen molar-refractivity contribution in [1.82, 2.24) is 0 Å². The van der Waals surface area contributed by atoms with Crippen LogP contribution in [0.1, 0.15) is 12.5 Å². The molecule has 4 nitrogen and oxygen atoms in total. The zero-order valence-corrected chi connectivity index (χ0v) is 8.40. The van der Waals surface area contributed by atoms with Gasteiger partial charge in [-0.25, -0.2) is 0 Å². The van der Waals surface area contributed by atoms with Gasteiger partial charge in [0.1, 0.15) is 0 Å². The minimum absolute atomic E-state index is 0.315. The van der Waals surface area contributed by atoms with Crippen LogP contribution in [0, 0.1) is 0 Å². The van der Waals surface area contributed by atoms with Gasteiger partial charge >= 0.3 is 0 Å². The third kappa shape index (κ3) is 1.73. The summed E-state index contributed by atoms with van der Waals surface area (Å²) in [7, 11) is 0. The Balaban J connectivity index is 2.58. The Morgan fingerprint density at radius 1 is 1.27 bits per heavy atom. The highest BCUT2D eigenvalue weighted by Gasteiger charge is 2.35. The molecule has 0 spiro atoms. The van der Waals surface area contributed by atoms with Crippen molar-refractivity contribution >= 4 is 0 Å². The molecule has 0 aliphatic carbocycles. The predicted molar refractivity (Wildman–Crippen MR) is 53.6 cm³/mol. The molecular formula is C11H12O4. The molecule has 1 aliphatic heterocycles. The van der Waals surface area contributed by atoms with Crippen molar-refractivity contribution in [2.24, 2.45) is 0 Å². The van der Waals surface area contributed by atoms with Crippen LogP contribution < -0.4 is 5.43 Å². The van der Waals surface area contributed by atoms with Gasteiger partial charge in [-0.2, -0.15) is 0 Å². The van der Waals surface area contributed by atoms with Gasteiger partial charge in [0.25, 0.3) is 0 Å². The van der Waals surface area contributed by atoms with Crippen LogP contribution in [-0.4, -0.2) is 18.3 Å². The first-order chi connectivity index (χ1) is 7.13. The summed E-state index contributed by atoms with van der Waals surface area (Å²) in [5.41, 5.74) is -0.0645. The van der Waals surface area contributed by atoms with Crippen LogP contribution in [0.25, 0.3) is 0 Å². The average molecular weight is 208 g/mol. The summed E-state index contributed by atoms with van der Waals surface area (Å²) in [6.45, 7) is 2.61. The van der Waals surface area contributed by atoms with E-state index in [2.05, 4.69) is 0 Å². The number of hydrogen-bond acceptors (Lipinski definition) is 4. The minimum Gasteiger partial charge on any atom is -0.504 e. The highest BCUT2D eigenvalue weighted by Crippen LogP contribution is 2.33. The highest BCUT2D eigenvalue weighted by atomic mass is 16.7. The third-order valence-corrected chi connectivity index (χ3v) is 2.44. The Labute approximate surface area is 87.1 Å². The van der Waals surface area contributed by atoms with Crippen molar-refractivity contribution < 1.29 is 14.6 Å². The Morgan fingerprint density at radius 3 is 2.53 bits per heavy atom. The highest BCUT2D eigenvalue weighted by molar-refractivity contribution is 5.34. The summed E-state index contributed by atoms with van der Waals surface area (Å²) >= 11 is 0. The Hall–Kier alpha value is -1.39. The molecule has 80 valence electrons. The molecule has 0 amide bonds. The van der Waals surface area contributed by atoms with Crippen molar-refractivity contribution in [1.29, 1.82) is 0 Å². The monoisotopic (exact) mass is 208 g/mol. The third-order valence-electron chi connectivity index (χ3n) is 2.44. The van der Waals surface area contributed by atoms with Gasteiger partial charge in [0.05, 0.1) is 18.8 Å². The lowest BCUT2D eigenvalue weighted by molar-refractivity contribution is -0.150. The molecule has 1 aromatic carbocycles. The SMILES string of the molecule is CC1(c2ccccc(=O)c2O)OCCO1. The average Bonchev–Trinajstić information content (AvgIpc) is 2.57. The van der Waals surface area contributed by atoms with E-state index in [1.54, 1.807) is 25.1 Å². The second-order valence-electron chi connectivity index (χ2n) is 3.49. The van der Waals surface area contributed by atoms with E-state index in [1.807, 2.05) is 0 Å². The fourth-order valence-corrected chi connectivity index (χ4v) is 1.62. The molecule has 0 bridgehead atoms. The van der Waals surface area contributed by atoms with Crippen molar-refractivity contribution in [2.45, 2.75) is 12.7 Å². The van der Waals surface area contributed by atoms with E-state index in [-0.39, 0.29) is 5.75 Å². The lowest BCUT2D eigenvalue weighted by Crippen LogP contribution is -2.23. The fraction of sp³-hybridized carbons (Fsp3) is 0.364. The van der Waals surface area contributed by atoms with E-state index in [1.165, 1.54) is 6.07 Å². The maximum Gasteiger partial charge on any atom is 0.220 e. The molecule has 0 saturated carbocycles. The summed E-state index contributed by atoms with van der Waals surface area (Å²) < 4.78 is 10.8. The summed E-state index contributed by atoms with van der Waals surface area (Å²) in [6, 6.07) is 6.18. The first-order valence-corrected chi connectivity index (χ1v) is 4.74. The maximum absolute atomic E-state index is 11.4. The standard InChI is InChI=1S/C11H12O4/c1-11(14-6-7-15-11)8-4-2-3-5-9(12)10(8)13/h2-5H,6-7H2,1H3,(H,12,13). The number of rotatable bonds is 1. The molecule has 0 atom stereocenters. The quantitative estimate of drug-likeness (QED) is 0.747. The molecule has 0 radical (unpaired) electrons. The zero-order chi connectivity index (χ0) is 10.9. The van der Waals surface area contributed by atoms with Crippen LogP contribution in [-0.2, 0) is 15.3 Å². The van der Waals surface area contributed by atoms with Crippen molar-refractivity contribution in [2.75, 3.05) is 13.2 Å². The van der Waals surface area contributed by atoms with Gasteiger partial charge < -0.3 is 14.6 Å². The number of aromatic hydroxyl groups is 1. The summed E-state index contributed by atoms with van der Waals surface area (Å²) in [5, 5.41) is 9.71. The van der Waals surface area contributed by atoms with E-state index in [4.69, 9.17) is 9.47 Å². The molecule has 15 heavy (non-hydrogen) atoms. The summed E-state index contributed by atoms with van der Waals surface area (Å²) in [6.07, 6.45) is 0. The Kier molecular flexibility index (Phi) is 2.46. The largest absolute Gasteiger partial charge is 0.504 e. The van der Waals surface area contributed by atoms with E-state index >= 15 is 0 Å². The molecule has 0 unspecified atom stereocenters. The number of hydrogen-bond donors (Lipinski definition) is 1. The van der Waals surface area contributed by atoms with Gasteiger partial charge in [0.2, 0.25) is 5.43 Å². The Morgan fingerprint density at radius 2 is 1.87 bits per heavy atom. The Bertz CT molecular complexity index is 421. The molecule has 2 rings (SSSR count). The topological polar surface area (TPSA) is 55.8 Å². The van der Waals surface area contributed by atoms with Gasteiger partial charge in [0.15, 0.2) is 11.5 Å². The molecule has 1 aliphatic rings. The molecule has 1 fully saturated rings. The van der Waals surface area contributed by atoms with Crippen molar-refractivity contribution in [3.8, 4) is 5.75 Å². The van der Waals surface area contributed by atoms with E-state index in [0.29, 0.717) is 18.8 Å². The lowest BCUT2D eigenvalue weighted by Gasteiger charge is -2.22. The van der Waals surface area contributed by atoms with Crippen LogP contribution >= 0.6 is 0 Å². The molecule has 1 saturated heterocycles. The maximum atomic E-state index is 11.4. The van der Waals surface area contributed by atoms with Gasteiger partial charge in [-0.3, -0.25) is 4.79 Å². The van der Waals surface area contributed by atoms with E-state index in [9.17, 15) is 9.90 Å². The second kappa shape index (κ2) is 3.64. The van der Waals surface area contributed by atoms with Gasteiger partial charge in [-0.1, -0.05) is 12.1 Å². The van der Waals surface area contributed by atoms with E-state index < -0.39 is 11.2 Å². The molecular weight excluding hydrogens is 196 g/mol. The van der Waals surface area contributed by atoms with Crippen LogP contribution in [0.4, 0.5) is 0 Å². The van der Waals surface area contributed by atoms with Gasteiger partial charge in [0, 0.05) is 0 Å². The number of ether oxygens (including phenoxy) is 2. The van der Waals surface area contributed by atoms with Crippen molar-refractivity contribution in [3.05, 3.63) is 40.1 Å². The van der Waals surface area contributed by atoms with Gasteiger partial charge in [-0.05, 0) is 19.1 Å². The lowest BCUT2D eigenvalue weighted by atomic mass is 10.1. The summed E-state index contributed by atoms with van der Waals surface area (Å²) in [5.74, 6) is -1.33. The normalized spacial score (nSPS) is 19.0. The van der Waals surface area contributed by atoms with Crippen LogP contribution in [0.3, 0.4) is 0 Å². The van der Waals surface area contributed by atoms with Crippen molar-refractivity contribution in [3.63, 3.8) is 0 Å². The molecule has 0 aromatic heterocycles. The first-order valence-electron chi connectivity index (χ1n) is 4.74. The first kappa shape index (κ1) is 10.1. The molecule has 4 heteroatoms. The zero-order valence-electron chi connectivity index (χ0n) is 8.40. The summed E-state index contributed by atoms with van der Waals surface area (Å²) in [4.78, 5) is 11.4. The van der Waals surface area contributed by atoms with Gasteiger partial charge in [-0.15, -0.1) is 0 Å². The van der Waals surface area contributed by atoms with Crippen LogP contribution in [0.5, 0.6) is 5.75 Å². The fourth-order valence-electron chi connectivity index (χ4n) is 1.62. The predicted octanol–water partition coefficient (Wildman–Crippen LogP) is 0.972. The van der Waals surface area contributed by atoms with E-state index in [0.717, 1.165) is 0 Å². The molecule has 1 heterocycles. The minimum atomic E-state index is -1.01. The molecule has 1 aromatic rings. The van der Waals surface area contributed by atoms with Crippen LogP contribution in [0.2, 0.25) is 0 Å². The van der Waals surface area contributed by atoms with Crippen LogP contribution in [0.15, 0.2) is 29.1 Å². The second-order valence-corrected chi connectivity index (χ2v) is 3.49. The molecule has 1 N–H and O–H groups in total. The smallest absolute Gasteiger partial charge is 0.220 e.